The lowest BCUT2D eigenvalue weighted by molar-refractivity contribution is -0.152. The van der Waals surface area contributed by atoms with Crippen molar-refractivity contribution in [2.75, 3.05) is 7.11 Å². The number of carbonyl (C=O) groups is 1. The number of aliphatic hydroxyl groups is 1. The molecule has 1 aliphatic rings. The van der Waals surface area contributed by atoms with E-state index in [1.165, 1.54) is 7.11 Å². The molecule has 82 valence electrons. The normalized spacial score (nSPS) is 19.7. The van der Waals surface area contributed by atoms with E-state index < -0.39 is 17.5 Å². The summed E-state index contributed by atoms with van der Waals surface area (Å²) >= 11 is 0. The van der Waals surface area contributed by atoms with Gasteiger partial charge in [-0.3, -0.25) is 0 Å². The van der Waals surface area contributed by atoms with Gasteiger partial charge in [0.2, 0.25) is 0 Å². The Labute approximate surface area is 87.8 Å². The maximum absolute atomic E-state index is 11.3. The number of methoxy groups -OCH3 is 1. The Morgan fingerprint density at radius 1 is 1.67 bits per heavy atom. The van der Waals surface area contributed by atoms with E-state index in [-0.39, 0.29) is 0 Å². The Hall–Kier alpha value is -1.29. The highest BCUT2D eigenvalue weighted by Crippen LogP contribution is 2.52. The van der Waals surface area contributed by atoms with Crippen molar-refractivity contribution in [2.24, 2.45) is 0 Å². The van der Waals surface area contributed by atoms with Gasteiger partial charge in [-0.2, -0.15) is 0 Å². The highest BCUT2D eigenvalue weighted by molar-refractivity contribution is 5.77. The minimum absolute atomic E-state index is 0.468. The Bertz CT molecular complexity index is 376. The summed E-state index contributed by atoms with van der Waals surface area (Å²) in [4.78, 5) is 11.3. The third-order valence-electron chi connectivity index (χ3n) is 3.13. The number of furan rings is 1. The SMILES string of the molecule is COC(=O)C(O)C1(c2ccoc2C)CC1. The first-order valence-corrected chi connectivity index (χ1v) is 4.92. The molecule has 1 N–H and O–H groups in total. The van der Waals surface area contributed by atoms with Gasteiger partial charge < -0.3 is 14.3 Å². The topological polar surface area (TPSA) is 59.7 Å². The van der Waals surface area contributed by atoms with Gasteiger partial charge in [0.05, 0.1) is 13.4 Å². The lowest BCUT2D eigenvalue weighted by atomic mass is 9.90. The van der Waals surface area contributed by atoms with Crippen molar-refractivity contribution in [1.29, 1.82) is 0 Å². The Kier molecular flexibility index (Phi) is 2.31. The molecule has 0 spiro atoms. The highest BCUT2D eigenvalue weighted by atomic mass is 16.5. The molecule has 2 rings (SSSR count). The van der Waals surface area contributed by atoms with E-state index in [4.69, 9.17) is 4.42 Å². The third-order valence-corrected chi connectivity index (χ3v) is 3.13. The van der Waals surface area contributed by atoms with Crippen molar-refractivity contribution in [3.8, 4) is 0 Å². The Morgan fingerprint density at radius 2 is 2.33 bits per heavy atom. The van der Waals surface area contributed by atoms with Crippen LogP contribution in [0.5, 0.6) is 0 Å². The molecule has 4 heteroatoms. The molecule has 0 bridgehead atoms. The van der Waals surface area contributed by atoms with Gasteiger partial charge in [-0.25, -0.2) is 4.79 Å². The monoisotopic (exact) mass is 210 g/mol. The van der Waals surface area contributed by atoms with Gasteiger partial charge in [0.25, 0.3) is 0 Å². The first-order valence-electron chi connectivity index (χ1n) is 4.92. The van der Waals surface area contributed by atoms with Crippen LogP contribution in [0.25, 0.3) is 0 Å². The maximum Gasteiger partial charge on any atom is 0.335 e. The van der Waals surface area contributed by atoms with E-state index in [1.807, 2.05) is 13.0 Å². The summed E-state index contributed by atoms with van der Waals surface area (Å²) in [5, 5.41) is 9.89. The van der Waals surface area contributed by atoms with Gasteiger partial charge in [0.15, 0.2) is 6.10 Å². The van der Waals surface area contributed by atoms with Crippen LogP contribution in [0.4, 0.5) is 0 Å². The van der Waals surface area contributed by atoms with Crippen LogP contribution < -0.4 is 0 Å². The summed E-state index contributed by atoms with van der Waals surface area (Å²) in [6.07, 6.45) is 2.08. The van der Waals surface area contributed by atoms with Gasteiger partial charge in [0, 0.05) is 11.0 Å². The number of aryl methyl sites for hydroxylation is 1. The highest BCUT2D eigenvalue weighted by Gasteiger charge is 2.55. The van der Waals surface area contributed by atoms with Crippen molar-refractivity contribution < 1.29 is 19.1 Å². The fourth-order valence-corrected chi connectivity index (χ4v) is 2.06. The average Bonchev–Trinajstić information content (AvgIpc) is 2.94. The molecule has 15 heavy (non-hydrogen) atoms. The summed E-state index contributed by atoms with van der Waals surface area (Å²) in [6.45, 7) is 1.83. The molecule has 4 nitrogen and oxygen atoms in total. The Balaban J connectivity index is 2.28. The smallest absolute Gasteiger partial charge is 0.335 e. The van der Waals surface area contributed by atoms with Crippen LogP contribution in [0, 0.1) is 6.92 Å². The van der Waals surface area contributed by atoms with Gasteiger partial charge in [-0.05, 0) is 25.8 Å². The molecular weight excluding hydrogens is 196 g/mol. The maximum atomic E-state index is 11.3. The molecule has 0 amide bonds. The van der Waals surface area contributed by atoms with E-state index >= 15 is 0 Å². The summed E-state index contributed by atoms with van der Waals surface area (Å²) in [5.41, 5.74) is 0.449. The fraction of sp³-hybridized carbons (Fsp3) is 0.545. The van der Waals surface area contributed by atoms with Crippen LogP contribution in [-0.4, -0.2) is 24.3 Å². The first kappa shape index (κ1) is 10.2. The van der Waals surface area contributed by atoms with Crippen molar-refractivity contribution in [3.05, 3.63) is 23.7 Å². The summed E-state index contributed by atoms with van der Waals surface area (Å²) in [6, 6.07) is 1.81. The van der Waals surface area contributed by atoms with Gasteiger partial charge >= 0.3 is 5.97 Å². The molecule has 1 saturated carbocycles. The van der Waals surface area contributed by atoms with Gasteiger partial charge in [0.1, 0.15) is 5.76 Å². The van der Waals surface area contributed by atoms with E-state index in [0.717, 1.165) is 24.2 Å². The molecular formula is C11H14O4. The van der Waals surface area contributed by atoms with E-state index in [1.54, 1.807) is 6.26 Å². The van der Waals surface area contributed by atoms with Crippen molar-refractivity contribution >= 4 is 5.97 Å². The van der Waals surface area contributed by atoms with Crippen LogP contribution in [0.15, 0.2) is 16.7 Å². The number of hydrogen-bond acceptors (Lipinski definition) is 4. The zero-order valence-electron chi connectivity index (χ0n) is 8.82. The second-order valence-corrected chi connectivity index (χ2v) is 3.97. The predicted molar refractivity (Wildman–Crippen MR) is 52.4 cm³/mol. The minimum atomic E-state index is -1.08. The predicted octanol–water partition coefficient (Wildman–Crippen LogP) is 1.15. The molecule has 1 atom stereocenters. The summed E-state index contributed by atoms with van der Waals surface area (Å²) < 4.78 is 9.75. The minimum Gasteiger partial charge on any atom is -0.469 e. The average molecular weight is 210 g/mol. The second-order valence-electron chi connectivity index (χ2n) is 3.97. The number of rotatable bonds is 3. The van der Waals surface area contributed by atoms with E-state index in [9.17, 15) is 9.90 Å². The fourth-order valence-electron chi connectivity index (χ4n) is 2.06. The largest absolute Gasteiger partial charge is 0.469 e. The third kappa shape index (κ3) is 1.45. The number of ether oxygens (including phenoxy) is 1. The van der Waals surface area contributed by atoms with Crippen molar-refractivity contribution in [3.63, 3.8) is 0 Å². The number of carbonyl (C=O) groups excluding carboxylic acids is 1. The van der Waals surface area contributed by atoms with Crippen molar-refractivity contribution in [2.45, 2.75) is 31.3 Å². The standard InChI is InChI=1S/C11H14O4/c1-7-8(3-6-15-7)11(4-5-11)9(12)10(13)14-2/h3,6,9,12H,4-5H2,1-2H3. The van der Waals surface area contributed by atoms with E-state index in [2.05, 4.69) is 4.74 Å². The Morgan fingerprint density at radius 3 is 2.73 bits per heavy atom. The summed E-state index contributed by atoms with van der Waals surface area (Å²) in [5.74, 6) is 0.184. The van der Waals surface area contributed by atoms with Crippen LogP contribution >= 0.6 is 0 Å². The lowest BCUT2D eigenvalue weighted by Gasteiger charge is -2.19. The molecule has 1 aromatic heterocycles. The number of aliphatic hydroxyl groups excluding tert-OH is 1. The number of hydrogen-bond donors (Lipinski definition) is 1. The first-order chi connectivity index (χ1) is 7.12. The molecule has 0 aliphatic heterocycles. The molecule has 1 aromatic rings. The summed E-state index contributed by atoms with van der Waals surface area (Å²) in [7, 11) is 1.28. The number of esters is 1. The van der Waals surface area contributed by atoms with Crippen LogP contribution in [0.3, 0.4) is 0 Å². The van der Waals surface area contributed by atoms with Gasteiger partial charge in [-0.15, -0.1) is 0 Å². The molecule has 1 aliphatic carbocycles. The van der Waals surface area contributed by atoms with Crippen LogP contribution in [0.1, 0.15) is 24.2 Å². The molecule has 0 saturated heterocycles. The quantitative estimate of drug-likeness (QED) is 0.760. The molecule has 1 heterocycles. The zero-order chi connectivity index (χ0) is 11.1. The van der Waals surface area contributed by atoms with E-state index in [0.29, 0.717) is 0 Å². The molecule has 0 radical (unpaired) electrons. The van der Waals surface area contributed by atoms with Crippen LogP contribution in [-0.2, 0) is 14.9 Å². The van der Waals surface area contributed by atoms with Crippen molar-refractivity contribution in [1.82, 2.24) is 0 Å². The van der Waals surface area contributed by atoms with Crippen LogP contribution in [0.2, 0.25) is 0 Å². The molecule has 0 aromatic carbocycles. The zero-order valence-corrected chi connectivity index (χ0v) is 8.82. The lowest BCUT2D eigenvalue weighted by Crippen LogP contribution is -2.35. The molecule has 1 unspecified atom stereocenters. The van der Waals surface area contributed by atoms with Gasteiger partial charge in [-0.1, -0.05) is 0 Å². The molecule has 1 fully saturated rings. The second kappa shape index (κ2) is 3.38.